The van der Waals surface area contributed by atoms with Crippen molar-refractivity contribution < 1.29 is 13.9 Å². The lowest BCUT2D eigenvalue weighted by Gasteiger charge is -2.19. The van der Waals surface area contributed by atoms with Crippen LogP contribution in [-0.4, -0.2) is 25.6 Å². The van der Waals surface area contributed by atoms with Gasteiger partial charge < -0.3 is 20.2 Å². The van der Waals surface area contributed by atoms with Gasteiger partial charge in [-0.25, -0.2) is 0 Å². The molecule has 27 heavy (non-hydrogen) atoms. The minimum absolute atomic E-state index is 0.105. The van der Waals surface area contributed by atoms with E-state index in [4.69, 9.17) is 14.9 Å². The summed E-state index contributed by atoms with van der Waals surface area (Å²) in [6.45, 7) is 0.591. The van der Waals surface area contributed by atoms with Gasteiger partial charge >= 0.3 is 0 Å². The van der Waals surface area contributed by atoms with Crippen molar-refractivity contribution in [3.8, 4) is 16.9 Å². The third-order valence-corrected chi connectivity index (χ3v) is 5.44. The highest BCUT2D eigenvalue weighted by molar-refractivity contribution is 6.08. The SMILES string of the molecule is COc1ccc2c(-c3ccccc3)c(C(=O)NC3CCCC3CN)oc2c1. The molecule has 1 aliphatic rings. The molecule has 3 N–H and O–H groups in total. The fraction of sp³-hybridized carbons (Fsp3) is 0.318. The van der Waals surface area contributed by atoms with Crippen LogP contribution in [-0.2, 0) is 0 Å². The summed E-state index contributed by atoms with van der Waals surface area (Å²) in [6, 6.07) is 15.6. The Bertz CT molecular complexity index is 949. The number of benzene rings is 2. The van der Waals surface area contributed by atoms with Crippen LogP contribution < -0.4 is 15.8 Å². The molecule has 1 fully saturated rings. The normalized spacial score (nSPS) is 19.3. The van der Waals surface area contributed by atoms with Crippen LogP contribution in [0.3, 0.4) is 0 Å². The van der Waals surface area contributed by atoms with Crippen LogP contribution in [0.4, 0.5) is 0 Å². The van der Waals surface area contributed by atoms with Crippen LogP contribution in [0.2, 0.25) is 0 Å². The average molecular weight is 364 g/mol. The van der Waals surface area contributed by atoms with Crippen molar-refractivity contribution in [1.29, 1.82) is 0 Å². The number of carbonyl (C=O) groups excluding carboxylic acids is 1. The van der Waals surface area contributed by atoms with E-state index in [-0.39, 0.29) is 11.9 Å². The van der Waals surface area contributed by atoms with E-state index in [9.17, 15) is 4.79 Å². The van der Waals surface area contributed by atoms with Gasteiger partial charge in [0, 0.05) is 23.1 Å². The largest absolute Gasteiger partial charge is 0.497 e. The molecule has 1 heterocycles. The molecule has 0 spiro atoms. The molecule has 1 saturated carbocycles. The number of rotatable bonds is 5. The third kappa shape index (κ3) is 3.30. The first-order valence-electron chi connectivity index (χ1n) is 9.38. The molecule has 2 atom stereocenters. The van der Waals surface area contributed by atoms with E-state index in [1.807, 2.05) is 48.5 Å². The Morgan fingerprint density at radius 1 is 1.22 bits per heavy atom. The summed E-state index contributed by atoms with van der Waals surface area (Å²) in [5, 5.41) is 4.05. The minimum Gasteiger partial charge on any atom is -0.497 e. The predicted molar refractivity (Wildman–Crippen MR) is 106 cm³/mol. The lowest BCUT2D eigenvalue weighted by atomic mass is 10.0. The van der Waals surface area contributed by atoms with E-state index >= 15 is 0 Å². The van der Waals surface area contributed by atoms with Crippen molar-refractivity contribution in [3.05, 3.63) is 54.3 Å². The van der Waals surface area contributed by atoms with Crippen molar-refractivity contribution in [2.24, 2.45) is 11.7 Å². The van der Waals surface area contributed by atoms with Crippen molar-refractivity contribution in [2.75, 3.05) is 13.7 Å². The minimum atomic E-state index is -0.186. The first-order chi connectivity index (χ1) is 13.2. The fourth-order valence-electron chi connectivity index (χ4n) is 4.00. The number of furan rings is 1. The molecule has 4 rings (SSSR count). The van der Waals surface area contributed by atoms with E-state index in [1.165, 1.54) is 0 Å². The first-order valence-corrected chi connectivity index (χ1v) is 9.38. The van der Waals surface area contributed by atoms with Crippen molar-refractivity contribution in [2.45, 2.75) is 25.3 Å². The smallest absolute Gasteiger partial charge is 0.287 e. The number of fused-ring (bicyclic) bond motifs is 1. The van der Waals surface area contributed by atoms with Crippen molar-refractivity contribution >= 4 is 16.9 Å². The fourth-order valence-corrected chi connectivity index (χ4v) is 4.00. The van der Waals surface area contributed by atoms with Gasteiger partial charge in [0.05, 0.1) is 7.11 Å². The Morgan fingerprint density at radius 2 is 2.04 bits per heavy atom. The number of nitrogens with two attached hydrogens (primary N) is 1. The predicted octanol–water partition coefficient (Wildman–Crippen LogP) is 3.97. The van der Waals surface area contributed by atoms with Gasteiger partial charge in [-0.1, -0.05) is 36.8 Å². The topological polar surface area (TPSA) is 77.5 Å². The Kier molecular flexibility index (Phi) is 4.86. The van der Waals surface area contributed by atoms with Gasteiger partial charge in [-0.05, 0) is 43.0 Å². The van der Waals surface area contributed by atoms with Crippen LogP contribution in [0.5, 0.6) is 5.75 Å². The maximum absolute atomic E-state index is 13.1. The third-order valence-electron chi connectivity index (χ3n) is 5.44. The molecule has 3 aromatic rings. The second-order valence-electron chi connectivity index (χ2n) is 7.04. The molecule has 1 aliphatic carbocycles. The van der Waals surface area contributed by atoms with Gasteiger partial charge in [0.1, 0.15) is 11.3 Å². The van der Waals surface area contributed by atoms with E-state index in [1.54, 1.807) is 7.11 Å². The van der Waals surface area contributed by atoms with Crippen LogP contribution >= 0.6 is 0 Å². The summed E-state index contributed by atoms with van der Waals surface area (Å²) in [6.07, 6.45) is 3.11. The average Bonchev–Trinajstić information content (AvgIpc) is 3.31. The molecule has 1 amide bonds. The number of hydrogen-bond donors (Lipinski definition) is 2. The maximum atomic E-state index is 13.1. The number of amides is 1. The molecule has 5 nitrogen and oxygen atoms in total. The Morgan fingerprint density at radius 3 is 2.78 bits per heavy atom. The van der Waals surface area contributed by atoms with Crippen LogP contribution in [0, 0.1) is 5.92 Å². The van der Waals surface area contributed by atoms with Gasteiger partial charge in [-0.3, -0.25) is 4.79 Å². The zero-order chi connectivity index (χ0) is 18.8. The summed E-state index contributed by atoms with van der Waals surface area (Å²) in [7, 11) is 1.61. The number of methoxy groups -OCH3 is 1. The highest BCUT2D eigenvalue weighted by Gasteiger charge is 2.30. The molecular weight excluding hydrogens is 340 g/mol. The lowest BCUT2D eigenvalue weighted by Crippen LogP contribution is -2.39. The van der Waals surface area contributed by atoms with Gasteiger partial charge in [-0.15, -0.1) is 0 Å². The maximum Gasteiger partial charge on any atom is 0.287 e. The summed E-state index contributed by atoms with van der Waals surface area (Å²) < 4.78 is 11.3. The lowest BCUT2D eigenvalue weighted by molar-refractivity contribution is 0.0903. The highest BCUT2D eigenvalue weighted by atomic mass is 16.5. The van der Waals surface area contributed by atoms with E-state index in [2.05, 4.69) is 5.32 Å². The molecule has 0 bridgehead atoms. The van der Waals surface area contributed by atoms with Crippen LogP contribution in [0.25, 0.3) is 22.1 Å². The molecule has 0 aliphatic heterocycles. The molecule has 0 saturated heterocycles. The molecule has 2 unspecified atom stereocenters. The summed E-state index contributed by atoms with van der Waals surface area (Å²) in [5.74, 6) is 1.18. The zero-order valence-corrected chi connectivity index (χ0v) is 15.4. The molecular formula is C22H24N2O3. The van der Waals surface area contributed by atoms with E-state index in [0.717, 1.165) is 35.8 Å². The second-order valence-corrected chi connectivity index (χ2v) is 7.04. The van der Waals surface area contributed by atoms with Gasteiger partial charge in [0.25, 0.3) is 5.91 Å². The Hall–Kier alpha value is -2.79. The number of carbonyl (C=O) groups is 1. The summed E-state index contributed by atoms with van der Waals surface area (Å²) >= 11 is 0. The summed E-state index contributed by atoms with van der Waals surface area (Å²) in [4.78, 5) is 13.1. The van der Waals surface area contributed by atoms with Crippen molar-refractivity contribution in [1.82, 2.24) is 5.32 Å². The Labute approximate surface area is 158 Å². The molecule has 0 radical (unpaired) electrons. The Balaban J connectivity index is 1.77. The quantitative estimate of drug-likeness (QED) is 0.718. The van der Waals surface area contributed by atoms with Crippen molar-refractivity contribution in [3.63, 3.8) is 0 Å². The highest BCUT2D eigenvalue weighted by Crippen LogP contribution is 2.37. The number of hydrogen-bond acceptors (Lipinski definition) is 4. The standard InChI is InChI=1S/C22H24N2O3/c1-26-16-10-11-17-19(12-16)27-21(20(17)14-6-3-2-4-7-14)22(25)24-18-9-5-8-15(18)13-23/h2-4,6-7,10-12,15,18H,5,8-9,13,23H2,1H3,(H,24,25). The zero-order valence-electron chi connectivity index (χ0n) is 15.4. The monoisotopic (exact) mass is 364 g/mol. The van der Waals surface area contributed by atoms with Crippen LogP contribution in [0.1, 0.15) is 29.8 Å². The number of nitrogens with one attached hydrogen (secondary N) is 1. The number of ether oxygens (including phenoxy) is 1. The van der Waals surface area contributed by atoms with Gasteiger partial charge in [0.15, 0.2) is 0 Å². The first kappa shape index (κ1) is 17.6. The van der Waals surface area contributed by atoms with Gasteiger partial charge in [0.2, 0.25) is 5.76 Å². The summed E-state index contributed by atoms with van der Waals surface area (Å²) in [5.41, 5.74) is 8.27. The molecule has 1 aromatic heterocycles. The van der Waals surface area contributed by atoms with Crippen LogP contribution in [0.15, 0.2) is 52.9 Å². The van der Waals surface area contributed by atoms with Gasteiger partial charge in [-0.2, -0.15) is 0 Å². The molecule has 140 valence electrons. The molecule has 5 heteroatoms. The second kappa shape index (κ2) is 7.45. The molecule has 2 aromatic carbocycles. The van der Waals surface area contributed by atoms with E-state index < -0.39 is 0 Å². The van der Waals surface area contributed by atoms with E-state index in [0.29, 0.717) is 29.6 Å².